The summed E-state index contributed by atoms with van der Waals surface area (Å²) in [5, 5.41) is 13.0. The van der Waals surface area contributed by atoms with Gasteiger partial charge in [-0.05, 0) is 76.8 Å². The largest absolute Gasteiger partial charge is 0.475 e. The van der Waals surface area contributed by atoms with Gasteiger partial charge in [-0.2, -0.15) is 0 Å². The second kappa shape index (κ2) is 12.1. The zero-order valence-electron chi connectivity index (χ0n) is 20.9. The zero-order chi connectivity index (χ0) is 23.9. The summed E-state index contributed by atoms with van der Waals surface area (Å²) in [6, 6.07) is 4.56. The van der Waals surface area contributed by atoms with Crippen molar-refractivity contribution < 1.29 is 9.53 Å². The number of amides is 1. The Morgan fingerprint density at radius 3 is 2.74 bits per heavy atom. The molecule has 8 heteroatoms. The van der Waals surface area contributed by atoms with Crippen LogP contribution in [0.1, 0.15) is 73.6 Å². The van der Waals surface area contributed by atoms with Crippen LogP contribution in [-0.2, 0) is 24.1 Å². The molecule has 186 valence electrons. The normalized spacial score (nSPS) is 22.0. The lowest BCUT2D eigenvalue weighted by atomic mass is 9.84. The number of carbonyl (C=O) groups excluding carboxylic acids is 1. The molecule has 1 saturated carbocycles. The van der Waals surface area contributed by atoms with E-state index in [0.717, 1.165) is 73.6 Å². The lowest BCUT2D eigenvalue weighted by Gasteiger charge is -2.30. The first-order chi connectivity index (χ1) is 16.5. The number of nitrogens with zero attached hydrogens (tertiary/aromatic N) is 4. The predicted molar refractivity (Wildman–Crippen MR) is 135 cm³/mol. The molecule has 1 atom stereocenters. The third-order valence-corrected chi connectivity index (χ3v) is 8.09. The van der Waals surface area contributed by atoms with Crippen molar-refractivity contribution in [3.8, 4) is 5.88 Å². The van der Waals surface area contributed by atoms with Crippen LogP contribution in [0.5, 0.6) is 5.88 Å². The van der Waals surface area contributed by atoms with Gasteiger partial charge in [0.15, 0.2) is 0 Å². The molecule has 4 rings (SSSR count). The van der Waals surface area contributed by atoms with E-state index in [0.29, 0.717) is 12.5 Å². The first-order valence-electron chi connectivity index (χ1n) is 12.9. The van der Waals surface area contributed by atoms with Crippen LogP contribution < -0.4 is 10.1 Å². The molecule has 1 amide bonds. The highest BCUT2D eigenvalue weighted by Crippen LogP contribution is 2.28. The number of rotatable bonds is 9. The van der Waals surface area contributed by atoms with Gasteiger partial charge < -0.3 is 15.0 Å². The standard InChI is InChI=1S/C26H39N5O2S/c1-4-18(2)33-25-10-7-21-12-15-31(16-13-23(21)28-25)14-11-20-5-8-22(9-6-20)27-24(32)17-26-30-29-19(3)34-26/h7,10,18,20,22H,4-6,8-9,11-17H2,1-3H3,(H,27,32)/t18-,20?,22?/m1/s1. The predicted octanol–water partition coefficient (Wildman–Crippen LogP) is 4.13. The van der Waals surface area contributed by atoms with Gasteiger partial charge in [-0.3, -0.25) is 4.79 Å². The van der Waals surface area contributed by atoms with Gasteiger partial charge in [0.05, 0.1) is 12.5 Å². The number of pyridine rings is 1. The van der Waals surface area contributed by atoms with E-state index in [4.69, 9.17) is 9.72 Å². The molecule has 3 heterocycles. The van der Waals surface area contributed by atoms with Crippen molar-refractivity contribution in [1.29, 1.82) is 0 Å². The lowest BCUT2D eigenvalue weighted by Crippen LogP contribution is -2.39. The summed E-state index contributed by atoms with van der Waals surface area (Å²) in [6.07, 6.45) is 9.43. The average Bonchev–Trinajstić information content (AvgIpc) is 3.12. The van der Waals surface area contributed by atoms with E-state index in [2.05, 4.69) is 40.3 Å². The van der Waals surface area contributed by atoms with Crippen LogP contribution in [0.25, 0.3) is 0 Å². The van der Waals surface area contributed by atoms with E-state index >= 15 is 0 Å². The molecule has 0 spiro atoms. The molecular formula is C26H39N5O2S. The molecule has 1 aliphatic carbocycles. The molecule has 34 heavy (non-hydrogen) atoms. The monoisotopic (exact) mass is 485 g/mol. The fourth-order valence-corrected chi connectivity index (χ4v) is 5.68. The van der Waals surface area contributed by atoms with Crippen molar-refractivity contribution in [3.63, 3.8) is 0 Å². The summed E-state index contributed by atoms with van der Waals surface area (Å²) in [5.41, 5.74) is 2.59. The summed E-state index contributed by atoms with van der Waals surface area (Å²) in [7, 11) is 0. The third kappa shape index (κ3) is 7.22. The molecule has 0 bridgehead atoms. The van der Waals surface area contributed by atoms with E-state index < -0.39 is 0 Å². The minimum atomic E-state index is 0.0788. The van der Waals surface area contributed by atoms with Crippen LogP contribution in [-0.4, -0.2) is 57.8 Å². The Hall–Kier alpha value is -2.06. The van der Waals surface area contributed by atoms with Crippen molar-refractivity contribution in [2.24, 2.45) is 5.92 Å². The fourth-order valence-electron chi connectivity index (χ4n) is 4.97. The second-order valence-electron chi connectivity index (χ2n) is 9.90. The smallest absolute Gasteiger partial charge is 0.227 e. The van der Waals surface area contributed by atoms with Crippen LogP contribution in [0.15, 0.2) is 12.1 Å². The van der Waals surface area contributed by atoms with E-state index in [1.54, 1.807) is 0 Å². The van der Waals surface area contributed by atoms with Crippen molar-refractivity contribution in [1.82, 2.24) is 25.4 Å². The van der Waals surface area contributed by atoms with Gasteiger partial charge in [-0.15, -0.1) is 21.5 Å². The Morgan fingerprint density at radius 2 is 2.00 bits per heavy atom. The minimum absolute atomic E-state index is 0.0788. The number of ether oxygens (including phenoxy) is 1. The quantitative estimate of drug-likeness (QED) is 0.575. The second-order valence-corrected chi connectivity index (χ2v) is 11.2. The van der Waals surface area contributed by atoms with Gasteiger partial charge >= 0.3 is 0 Å². The van der Waals surface area contributed by atoms with Crippen molar-refractivity contribution >= 4 is 17.2 Å². The third-order valence-electron chi connectivity index (χ3n) is 7.25. The van der Waals surface area contributed by atoms with Crippen molar-refractivity contribution in [2.75, 3.05) is 19.6 Å². The summed E-state index contributed by atoms with van der Waals surface area (Å²) in [6.45, 7) is 9.48. The van der Waals surface area contributed by atoms with Crippen LogP contribution in [0.2, 0.25) is 0 Å². The molecule has 2 aromatic heterocycles. The van der Waals surface area contributed by atoms with Gasteiger partial charge in [-0.1, -0.05) is 13.0 Å². The molecular weight excluding hydrogens is 446 g/mol. The lowest BCUT2D eigenvalue weighted by molar-refractivity contribution is -0.121. The molecule has 1 fully saturated rings. The van der Waals surface area contributed by atoms with Crippen LogP contribution in [0.3, 0.4) is 0 Å². The Bertz CT molecular complexity index is 941. The first kappa shape index (κ1) is 25.0. The van der Waals surface area contributed by atoms with E-state index in [1.165, 1.54) is 41.9 Å². The summed E-state index contributed by atoms with van der Waals surface area (Å²) in [5.74, 6) is 1.61. The van der Waals surface area contributed by atoms with Gasteiger partial charge in [0.25, 0.3) is 0 Å². The maximum atomic E-state index is 12.3. The molecule has 0 aromatic carbocycles. The summed E-state index contributed by atoms with van der Waals surface area (Å²) < 4.78 is 5.93. The van der Waals surface area contributed by atoms with Crippen molar-refractivity contribution in [2.45, 2.75) is 90.7 Å². The maximum absolute atomic E-state index is 12.3. The number of aryl methyl sites for hydroxylation is 1. The van der Waals surface area contributed by atoms with Crippen LogP contribution in [0.4, 0.5) is 0 Å². The Morgan fingerprint density at radius 1 is 1.21 bits per heavy atom. The SMILES string of the molecule is CC[C@@H](C)Oc1ccc2c(n1)CCN(CCC1CCC(NC(=O)Cc3nnc(C)s3)CC1)CC2. The van der Waals surface area contributed by atoms with E-state index in [1.807, 2.05) is 13.0 Å². The molecule has 0 radical (unpaired) electrons. The number of fused-ring (bicyclic) bond motifs is 1. The fraction of sp³-hybridized carbons (Fsp3) is 0.692. The van der Waals surface area contributed by atoms with Gasteiger partial charge in [0, 0.05) is 37.3 Å². The highest BCUT2D eigenvalue weighted by molar-refractivity contribution is 7.11. The Kier molecular flexibility index (Phi) is 8.89. The molecule has 2 aliphatic rings. The number of nitrogens with one attached hydrogen (secondary N) is 1. The molecule has 1 N–H and O–H groups in total. The molecule has 2 aromatic rings. The molecule has 0 saturated heterocycles. The molecule has 0 unspecified atom stereocenters. The number of aromatic nitrogens is 3. The zero-order valence-corrected chi connectivity index (χ0v) is 21.7. The van der Waals surface area contributed by atoms with E-state index in [-0.39, 0.29) is 12.0 Å². The summed E-state index contributed by atoms with van der Waals surface area (Å²) in [4.78, 5) is 19.7. The summed E-state index contributed by atoms with van der Waals surface area (Å²) >= 11 is 1.50. The maximum Gasteiger partial charge on any atom is 0.227 e. The van der Waals surface area contributed by atoms with Gasteiger partial charge in [-0.25, -0.2) is 4.98 Å². The highest BCUT2D eigenvalue weighted by atomic mass is 32.1. The van der Waals surface area contributed by atoms with Gasteiger partial charge in [0.1, 0.15) is 10.0 Å². The topological polar surface area (TPSA) is 80.2 Å². The molecule has 7 nitrogen and oxygen atoms in total. The minimum Gasteiger partial charge on any atom is -0.475 e. The highest BCUT2D eigenvalue weighted by Gasteiger charge is 2.24. The van der Waals surface area contributed by atoms with E-state index in [9.17, 15) is 4.79 Å². The number of carbonyl (C=O) groups is 1. The Labute approximate surface area is 207 Å². The average molecular weight is 486 g/mol. The van der Waals surface area contributed by atoms with Crippen LogP contribution >= 0.6 is 11.3 Å². The van der Waals surface area contributed by atoms with Gasteiger partial charge in [0.2, 0.25) is 11.8 Å². The first-order valence-corrected chi connectivity index (χ1v) is 13.8. The number of hydrogen-bond donors (Lipinski definition) is 1. The van der Waals surface area contributed by atoms with Crippen molar-refractivity contribution in [3.05, 3.63) is 33.4 Å². The van der Waals surface area contributed by atoms with Crippen LogP contribution in [0, 0.1) is 12.8 Å². The molecule has 1 aliphatic heterocycles. The number of hydrogen-bond acceptors (Lipinski definition) is 7. The Balaban J connectivity index is 1.16.